The van der Waals surface area contributed by atoms with Crippen molar-refractivity contribution < 1.29 is 14.3 Å². The second-order valence-electron chi connectivity index (χ2n) is 8.86. The summed E-state index contributed by atoms with van der Waals surface area (Å²) in [5, 5.41) is 13.8. The molecule has 1 aromatic carbocycles. The maximum Gasteiger partial charge on any atom is 0.253 e. The van der Waals surface area contributed by atoms with Crippen LogP contribution < -0.4 is 15.4 Å². The third-order valence-electron chi connectivity index (χ3n) is 6.47. The molecule has 1 aromatic heterocycles. The Morgan fingerprint density at radius 1 is 1.31 bits per heavy atom. The first-order valence-electron chi connectivity index (χ1n) is 11.4. The van der Waals surface area contributed by atoms with Crippen molar-refractivity contribution in [1.29, 1.82) is 5.41 Å². The van der Waals surface area contributed by atoms with Crippen LogP contribution in [0.4, 0.5) is 0 Å². The number of halogens is 2. The molecule has 3 aliphatic rings. The Labute approximate surface area is 222 Å². The van der Waals surface area contributed by atoms with E-state index in [1.54, 1.807) is 24.5 Å². The number of amides is 1. The zero-order valence-electron chi connectivity index (χ0n) is 18.9. The van der Waals surface area contributed by atoms with E-state index in [0.717, 1.165) is 42.6 Å². The number of benzene rings is 1. The predicted molar refractivity (Wildman–Crippen MR) is 140 cm³/mol. The van der Waals surface area contributed by atoms with E-state index in [1.807, 2.05) is 27.4 Å². The summed E-state index contributed by atoms with van der Waals surface area (Å²) < 4.78 is 13.4. The zero-order chi connectivity index (χ0) is 24.4. The molecule has 9 nitrogen and oxygen atoms in total. The average Bonchev–Trinajstić information content (AvgIpc) is 3.48. The number of ether oxygens (including phenoxy) is 2. The van der Waals surface area contributed by atoms with Crippen molar-refractivity contribution in [2.45, 2.75) is 32.1 Å². The highest BCUT2D eigenvalue weighted by atomic mass is 127. The number of piperidine rings is 1. The van der Waals surface area contributed by atoms with Crippen molar-refractivity contribution in [2.24, 2.45) is 11.8 Å². The van der Waals surface area contributed by atoms with Crippen LogP contribution in [0.5, 0.6) is 5.75 Å². The molecular weight excluding hydrogens is 583 g/mol. The van der Waals surface area contributed by atoms with Crippen molar-refractivity contribution in [3.63, 3.8) is 0 Å². The van der Waals surface area contributed by atoms with Gasteiger partial charge in [0.05, 0.1) is 29.4 Å². The van der Waals surface area contributed by atoms with Crippen LogP contribution in [0.3, 0.4) is 0 Å². The molecule has 5 rings (SSSR count). The lowest BCUT2D eigenvalue weighted by molar-refractivity contribution is -0.122. The fourth-order valence-electron chi connectivity index (χ4n) is 4.55. The molecule has 11 heteroatoms. The molecule has 0 bridgehead atoms. The molecule has 1 aliphatic carbocycles. The summed E-state index contributed by atoms with van der Waals surface area (Å²) >= 11 is 8.52. The van der Waals surface area contributed by atoms with Crippen molar-refractivity contribution in [1.82, 2.24) is 23.6 Å². The van der Waals surface area contributed by atoms with E-state index in [2.05, 4.69) is 43.4 Å². The fraction of sp³-hybridized carbons (Fsp3) is 0.375. The summed E-state index contributed by atoms with van der Waals surface area (Å²) in [4.78, 5) is 19.8. The lowest BCUT2D eigenvalue weighted by Gasteiger charge is -2.42. The molecule has 184 valence electrons. The van der Waals surface area contributed by atoms with Gasteiger partial charge in [0, 0.05) is 48.4 Å². The summed E-state index contributed by atoms with van der Waals surface area (Å²) in [6, 6.07) is 10.9. The van der Waals surface area contributed by atoms with E-state index in [0.29, 0.717) is 22.9 Å². The minimum atomic E-state index is -0.571. The van der Waals surface area contributed by atoms with Crippen molar-refractivity contribution in [2.75, 3.05) is 13.1 Å². The van der Waals surface area contributed by atoms with E-state index in [1.165, 1.54) is 6.42 Å². The topological polar surface area (TPSA) is 103 Å². The lowest BCUT2D eigenvalue weighted by atomic mass is 10.1. The standard InChI is InChI=1S/C24H26ClIN6O3/c25-20-7-15(4-5-21(20)35-14-27)13-34-23-19(22(33)29-9-18-3-1-2-6-28-18)10-30-24(32(23)26)31-11-16-8-17(16)12-31/h1-7,10,14,16-17,23-24,27,30H,8-9,11-13H2,(H,29,33). The molecule has 35 heavy (non-hydrogen) atoms. The number of rotatable bonds is 9. The van der Waals surface area contributed by atoms with Gasteiger partial charge in [-0.1, -0.05) is 23.7 Å². The Hall–Kier alpha value is -2.25. The highest BCUT2D eigenvalue weighted by Crippen LogP contribution is 2.46. The van der Waals surface area contributed by atoms with Gasteiger partial charge in [0.25, 0.3) is 5.91 Å². The number of fused-ring (bicyclic) bond motifs is 1. The van der Waals surface area contributed by atoms with Gasteiger partial charge in [-0.3, -0.25) is 20.1 Å². The molecule has 1 saturated carbocycles. The van der Waals surface area contributed by atoms with Gasteiger partial charge in [-0.05, 0) is 48.1 Å². The SMILES string of the molecule is N=COc1ccc(COC2C(C(=O)NCc3ccccn3)=CNC(N3CC4CC4C3)N2I)cc1Cl. The van der Waals surface area contributed by atoms with Gasteiger partial charge < -0.3 is 20.1 Å². The predicted octanol–water partition coefficient (Wildman–Crippen LogP) is 3.25. The van der Waals surface area contributed by atoms with Crippen molar-refractivity contribution in [3.8, 4) is 5.75 Å². The maximum atomic E-state index is 13.2. The first-order valence-corrected chi connectivity index (χ1v) is 12.8. The summed E-state index contributed by atoms with van der Waals surface area (Å²) in [6.07, 6.45) is 5.00. The molecule has 2 aromatic rings. The summed E-state index contributed by atoms with van der Waals surface area (Å²) in [5.74, 6) is 1.77. The Morgan fingerprint density at radius 3 is 2.86 bits per heavy atom. The molecule has 2 aliphatic heterocycles. The van der Waals surface area contributed by atoms with E-state index in [9.17, 15) is 4.79 Å². The highest BCUT2D eigenvalue weighted by Gasteiger charge is 2.49. The van der Waals surface area contributed by atoms with Gasteiger partial charge in [-0.25, -0.2) is 0 Å². The van der Waals surface area contributed by atoms with Gasteiger partial charge in [0.15, 0.2) is 12.6 Å². The molecular formula is C24H26ClIN6O3. The molecule has 0 radical (unpaired) electrons. The lowest BCUT2D eigenvalue weighted by Crippen LogP contribution is -2.59. The van der Waals surface area contributed by atoms with E-state index >= 15 is 0 Å². The molecule has 3 heterocycles. The average molecular weight is 609 g/mol. The summed E-state index contributed by atoms with van der Waals surface area (Å²) in [6.45, 7) is 2.67. The van der Waals surface area contributed by atoms with Gasteiger partial charge in [0.1, 0.15) is 12.0 Å². The highest BCUT2D eigenvalue weighted by molar-refractivity contribution is 14.1. The van der Waals surface area contributed by atoms with Gasteiger partial charge in [-0.2, -0.15) is 3.11 Å². The third kappa shape index (κ3) is 5.61. The molecule has 3 N–H and O–H groups in total. The summed E-state index contributed by atoms with van der Waals surface area (Å²) in [5.41, 5.74) is 2.11. The van der Waals surface area contributed by atoms with E-state index in [4.69, 9.17) is 26.5 Å². The molecule has 4 atom stereocenters. The second-order valence-corrected chi connectivity index (χ2v) is 10.4. The largest absolute Gasteiger partial charge is 0.445 e. The fourth-order valence-corrected chi connectivity index (χ4v) is 5.77. The number of carbonyl (C=O) groups excluding carboxylic acids is 1. The zero-order valence-corrected chi connectivity index (χ0v) is 21.8. The smallest absolute Gasteiger partial charge is 0.253 e. The second kappa shape index (κ2) is 10.8. The molecule has 1 saturated heterocycles. The molecule has 2 fully saturated rings. The van der Waals surface area contributed by atoms with Crippen LogP contribution in [-0.2, 0) is 22.7 Å². The number of nitrogens with zero attached hydrogens (tertiary/aromatic N) is 3. The van der Waals surface area contributed by atoms with Crippen LogP contribution in [0.2, 0.25) is 5.02 Å². The quantitative estimate of drug-likeness (QED) is 0.174. The van der Waals surface area contributed by atoms with Crippen LogP contribution in [0.1, 0.15) is 17.7 Å². The van der Waals surface area contributed by atoms with Crippen LogP contribution in [0.25, 0.3) is 0 Å². The molecule has 1 amide bonds. The van der Waals surface area contributed by atoms with Crippen molar-refractivity contribution in [3.05, 3.63) is 70.6 Å². The minimum absolute atomic E-state index is 0.0623. The Morgan fingerprint density at radius 2 is 2.14 bits per heavy atom. The van der Waals surface area contributed by atoms with Crippen LogP contribution >= 0.6 is 34.5 Å². The number of aromatic nitrogens is 1. The first-order chi connectivity index (χ1) is 17.0. The van der Waals surface area contributed by atoms with Gasteiger partial charge in [-0.15, -0.1) is 0 Å². The van der Waals surface area contributed by atoms with Crippen LogP contribution in [-0.4, -0.2) is 50.9 Å². The first kappa shape index (κ1) is 24.4. The minimum Gasteiger partial charge on any atom is -0.445 e. The number of pyridine rings is 1. The van der Waals surface area contributed by atoms with Gasteiger partial charge >= 0.3 is 0 Å². The Kier molecular flexibility index (Phi) is 7.54. The molecule has 0 spiro atoms. The number of nitrogens with one attached hydrogen (secondary N) is 3. The Bertz CT molecular complexity index is 1110. The van der Waals surface area contributed by atoms with Crippen LogP contribution in [0, 0.1) is 17.2 Å². The third-order valence-corrected chi connectivity index (χ3v) is 7.80. The van der Waals surface area contributed by atoms with E-state index < -0.39 is 6.23 Å². The summed E-state index contributed by atoms with van der Waals surface area (Å²) in [7, 11) is 0. The number of likely N-dealkylation sites (tertiary alicyclic amines) is 1. The van der Waals surface area contributed by atoms with E-state index in [-0.39, 0.29) is 18.8 Å². The number of hydrogen-bond acceptors (Lipinski definition) is 8. The normalized spacial score (nSPS) is 25.8. The van der Waals surface area contributed by atoms with Crippen LogP contribution in [0.15, 0.2) is 54.4 Å². The monoisotopic (exact) mass is 608 g/mol. The maximum absolute atomic E-state index is 13.2. The Balaban J connectivity index is 1.30. The molecule has 4 unspecified atom stereocenters. The van der Waals surface area contributed by atoms with Gasteiger partial charge in [0.2, 0.25) is 0 Å². The number of carbonyl (C=O) groups is 1. The van der Waals surface area contributed by atoms with Crippen molar-refractivity contribution >= 4 is 46.8 Å². The number of hydrogen-bond donors (Lipinski definition) is 3.